The van der Waals surface area contributed by atoms with Gasteiger partial charge in [-0.15, -0.1) is 0 Å². The van der Waals surface area contributed by atoms with E-state index in [1.807, 2.05) is 30.3 Å². The van der Waals surface area contributed by atoms with Gasteiger partial charge in [0, 0.05) is 16.1 Å². The van der Waals surface area contributed by atoms with E-state index >= 15 is 0 Å². The lowest BCUT2D eigenvalue weighted by atomic mass is 10.0. The molecule has 0 unspecified atom stereocenters. The molecule has 0 atom stereocenters. The van der Waals surface area contributed by atoms with Crippen LogP contribution < -0.4 is 4.90 Å². The Hall–Kier alpha value is -2.66. The molecule has 122 valence electrons. The van der Waals surface area contributed by atoms with Crippen LogP contribution >= 0.6 is 11.6 Å². The highest BCUT2D eigenvalue weighted by atomic mass is 35.5. The van der Waals surface area contributed by atoms with E-state index in [1.165, 1.54) is 12.0 Å². The summed E-state index contributed by atoms with van der Waals surface area (Å²) in [5.41, 5.74) is 2.86. The topological polar surface area (TPSA) is 59.0 Å². The van der Waals surface area contributed by atoms with Crippen molar-refractivity contribution in [3.8, 4) is 0 Å². The second-order valence-electron chi connectivity index (χ2n) is 5.25. The third-order valence-corrected chi connectivity index (χ3v) is 3.98. The molecule has 0 spiro atoms. The predicted molar refractivity (Wildman–Crippen MR) is 92.8 cm³/mol. The Labute approximate surface area is 144 Å². The van der Waals surface area contributed by atoms with Crippen molar-refractivity contribution in [2.75, 3.05) is 25.1 Å². The zero-order valence-electron chi connectivity index (χ0n) is 13.0. The van der Waals surface area contributed by atoms with Gasteiger partial charge in [0.05, 0.1) is 18.5 Å². The van der Waals surface area contributed by atoms with Gasteiger partial charge < -0.3 is 4.74 Å². The van der Waals surface area contributed by atoms with Crippen molar-refractivity contribution in [1.29, 1.82) is 0 Å². The van der Waals surface area contributed by atoms with E-state index < -0.39 is 5.97 Å². The largest absolute Gasteiger partial charge is 0.468 e. The maximum absolute atomic E-state index is 12.5. The van der Waals surface area contributed by atoms with Crippen LogP contribution in [0.3, 0.4) is 0 Å². The zero-order valence-corrected chi connectivity index (χ0v) is 13.8. The zero-order chi connectivity index (χ0) is 17.1. The number of benzene rings is 2. The number of amides is 1. The van der Waals surface area contributed by atoms with E-state index in [2.05, 4.69) is 4.99 Å². The molecule has 1 heterocycles. The molecule has 0 fully saturated rings. The first-order valence-electron chi connectivity index (χ1n) is 7.37. The Balaban J connectivity index is 2.14. The molecule has 2 aromatic carbocycles. The van der Waals surface area contributed by atoms with Gasteiger partial charge in [-0.1, -0.05) is 41.9 Å². The van der Waals surface area contributed by atoms with Crippen LogP contribution in [-0.4, -0.2) is 37.8 Å². The Kier molecular flexibility index (Phi) is 4.62. The fourth-order valence-corrected chi connectivity index (χ4v) is 2.77. The summed E-state index contributed by atoms with van der Waals surface area (Å²) < 4.78 is 4.70. The molecule has 1 aliphatic heterocycles. The Morgan fingerprint density at radius 3 is 2.71 bits per heavy atom. The summed E-state index contributed by atoms with van der Waals surface area (Å²) in [7, 11) is 1.29. The number of nitrogens with zero attached hydrogens (tertiary/aromatic N) is 2. The van der Waals surface area contributed by atoms with Gasteiger partial charge in [-0.05, 0) is 18.2 Å². The molecule has 5 nitrogen and oxygen atoms in total. The average molecular weight is 343 g/mol. The monoisotopic (exact) mass is 342 g/mol. The second-order valence-corrected chi connectivity index (χ2v) is 5.68. The fourth-order valence-electron chi connectivity index (χ4n) is 2.59. The van der Waals surface area contributed by atoms with Crippen LogP contribution in [0.2, 0.25) is 5.02 Å². The third kappa shape index (κ3) is 3.16. The number of carbonyl (C=O) groups excluding carboxylic acids is 2. The highest BCUT2D eigenvalue weighted by Gasteiger charge is 2.27. The fraction of sp³-hybridized carbons (Fsp3) is 0.167. The summed E-state index contributed by atoms with van der Waals surface area (Å²) in [4.78, 5) is 30.0. The molecule has 0 N–H and O–H groups in total. The first kappa shape index (κ1) is 16.2. The van der Waals surface area contributed by atoms with Crippen molar-refractivity contribution >= 4 is 34.9 Å². The van der Waals surface area contributed by atoms with Crippen LogP contribution in [0.25, 0.3) is 0 Å². The van der Waals surface area contributed by atoms with E-state index in [0.29, 0.717) is 22.0 Å². The minimum Gasteiger partial charge on any atom is -0.468 e. The van der Waals surface area contributed by atoms with Crippen LogP contribution in [-0.2, 0) is 14.3 Å². The van der Waals surface area contributed by atoms with Crippen LogP contribution in [0.15, 0.2) is 53.5 Å². The molecule has 0 aliphatic carbocycles. The van der Waals surface area contributed by atoms with Gasteiger partial charge in [0.1, 0.15) is 13.1 Å². The molecular formula is C18H15ClN2O3. The number of esters is 1. The van der Waals surface area contributed by atoms with Gasteiger partial charge >= 0.3 is 5.97 Å². The van der Waals surface area contributed by atoms with E-state index in [0.717, 1.165) is 5.56 Å². The van der Waals surface area contributed by atoms with E-state index in [9.17, 15) is 9.59 Å². The van der Waals surface area contributed by atoms with Gasteiger partial charge in [0.25, 0.3) is 0 Å². The summed E-state index contributed by atoms with van der Waals surface area (Å²) in [6.07, 6.45) is 0. The molecule has 24 heavy (non-hydrogen) atoms. The minimum absolute atomic E-state index is 0.0481. The highest BCUT2D eigenvalue weighted by Crippen LogP contribution is 2.29. The number of aliphatic imine (C=N–C) groups is 1. The Morgan fingerprint density at radius 1 is 1.25 bits per heavy atom. The van der Waals surface area contributed by atoms with Gasteiger partial charge in [-0.2, -0.15) is 0 Å². The number of halogens is 1. The SMILES string of the molecule is COC(=O)CN1C(=O)CN=C(c2ccccc2)c2cc(Cl)ccc21. The number of hydrogen-bond donors (Lipinski definition) is 0. The summed E-state index contributed by atoms with van der Waals surface area (Å²) in [6, 6.07) is 14.7. The van der Waals surface area contributed by atoms with Crippen molar-refractivity contribution < 1.29 is 14.3 Å². The number of hydrogen-bond acceptors (Lipinski definition) is 4. The number of carbonyl (C=O) groups is 2. The quantitative estimate of drug-likeness (QED) is 0.806. The van der Waals surface area contributed by atoms with Crippen LogP contribution in [0.5, 0.6) is 0 Å². The van der Waals surface area contributed by atoms with Gasteiger partial charge in [0.2, 0.25) is 5.91 Å². The van der Waals surface area contributed by atoms with E-state index in [1.54, 1.807) is 18.2 Å². The molecular weight excluding hydrogens is 328 g/mol. The average Bonchev–Trinajstić information content (AvgIpc) is 2.73. The summed E-state index contributed by atoms with van der Waals surface area (Å²) in [6.45, 7) is -0.213. The maximum atomic E-state index is 12.5. The minimum atomic E-state index is -0.493. The number of anilines is 1. The lowest BCUT2D eigenvalue weighted by Gasteiger charge is -2.22. The second kappa shape index (κ2) is 6.84. The van der Waals surface area contributed by atoms with Crippen molar-refractivity contribution in [2.24, 2.45) is 4.99 Å². The summed E-state index contributed by atoms with van der Waals surface area (Å²) in [5, 5.41) is 0.532. The molecule has 0 saturated heterocycles. The summed E-state index contributed by atoms with van der Waals surface area (Å²) in [5.74, 6) is -0.762. The maximum Gasteiger partial charge on any atom is 0.325 e. The van der Waals surface area contributed by atoms with Crippen LogP contribution in [0.4, 0.5) is 5.69 Å². The van der Waals surface area contributed by atoms with Crippen molar-refractivity contribution in [2.45, 2.75) is 0 Å². The molecule has 0 bridgehead atoms. The number of ether oxygens (including phenoxy) is 1. The highest BCUT2D eigenvalue weighted by molar-refractivity contribution is 6.32. The molecule has 1 aliphatic rings. The van der Waals surface area contributed by atoms with E-state index in [-0.39, 0.29) is 19.0 Å². The third-order valence-electron chi connectivity index (χ3n) is 3.74. The predicted octanol–water partition coefficient (Wildman–Crippen LogP) is 2.70. The first-order chi connectivity index (χ1) is 11.6. The Bertz CT molecular complexity index is 818. The lowest BCUT2D eigenvalue weighted by Crippen LogP contribution is -2.37. The molecule has 3 rings (SSSR count). The van der Waals surface area contributed by atoms with Gasteiger partial charge in [-0.25, -0.2) is 0 Å². The molecule has 6 heteroatoms. The van der Waals surface area contributed by atoms with Gasteiger partial charge in [-0.3, -0.25) is 19.5 Å². The van der Waals surface area contributed by atoms with Crippen molar-refractivity contribution in [3.05, 3.63) is 64.7 Å². The molecule has 1 amide bonds. The number of rotatable bonds is 3. The molecule has 0 radical (unpaired) electrons. The number of methoxy groups -OCH3 is 1. The van der Waals surface area contributed by atoms with Crippen molar-refractivity contribution in [1.82, 2.24) is 0 Å². The number of fused-ring (bicyclic) bond motifs is 1. The normalized spacial score (nSPS) is 13.8. The molecule has 0 saturated carbocycles. The van der Waals surface area contributed by atoms with E-state index in [4.69, 9.17) is 16.3 Å². The smallest absolute Gasteiger partial charge is 0.325 e. The number of benzodiazepines with no additional fused rings is 1. The van der Waals surface area contributed by atoms with Crippen LogP contribution in [0, 0.1) is 0 Å². The molecule has 2 aromatic rings. The lowest BCUT2D eigenvalue weighted by molar-refractivity contribution is -0.139. The summed E-state index contributed by atoms with van der Waals surface area (Å²) >= 11 is 6.15. The van der Waals surface area contributed by atoms with Crippen molar-refractivity contribution in [3.63, 3.8) is 0 Å². The van der Waals surface area contributed by atoms with Crippen LogP contribution in [0.1, 0.15) is 11.1 Å². The molecule has 0 aromatic heterocycles. The Morgan fingerprint density at radius 2 is 2.00 bits per heavy atom. The first-order valence-corrected chi connectivity index (χ1v) is 7.75. The van der Waals surface area contributed by atoms with Gasteiger partial charge in [0.15, 0.2) is 0 Å². The standard InChI is InChI=1S/C18H15ClN2O3/c1-24-17(23)11-21-15-8-7-13(19)9-14(15)18(20-10-16(21)22)12-5-3-2-4-6-12/h2-9H,10-11H2,1H3.